The van der Waals surface area contributed by atoms with Crippen LogP contribution in [0.5, 0.6) is 0 Å². The van der Waals surface area contributed by atoms with E-state index in [9.17, 15) is 19.7 Å². The van der Waals surface area contributed by atoms with Gasteiger partial charge >= 0.3 is 5.97 Å². The van der Waals surface area contributed by atoms with Crippen molar-refractivity contribution in [3.63, 3.8) is 0 Å². The number of hydrogen-bond donors (Lipinski definition) is 0. The van der Waals surface area contributed by atoms with Crippen LogP contribution in [-0.4, -0.2) is 22.1 Å². The van der Waals surface area contributed by atoms with Gasteiger partial charge in [0.1, 0.15) is 16.5 Å². The van der Waals surface area contributed by atoms with Crippen molar-refractivity contribution in [2.75, 3.05) is 6.61 Å². The first kappa shape index (κ1) is 26.3. The Morgan fingerprint density at radius 3 is 2.64 bits per heavy atom. The van der Waals surface area contributed by atoms with E-state index >= 15 is 0 Å². The summed E-state index contributed by atoms with van der Waals surface area (Å²) in [6, 6.07) is 14.6. The molecule has 0 aliphatic carbocycles. The highest BCUT2D eigenvalue weighted by Gasteiger charge is 2.33. The number of thiazole rings is 1. The molecule has 1 aliphatic rings. The molecule has 0 saturated carbocycles. The molecule has 0 radical (unpaired) electrons. The zero-order valence-electron chi connectivity index (χ0n) is 21.1. The molecule has 0 saturated heterocycles. The Labute approximate surface area is 231 Å². The van der Waals surface area contributed by atoms with Gasteiger partial charge < -0.3 is 9.15 Å². The highest BCUT2D eigenvalue weighted by Crippen LogP contribution is 2.32. The van der Waals surface area contributed by atoms with Crippen LogP contribution in [0.2, 0.25) is 5.02 Å². The molecule has 9 nitrogen and oxygen atoms in total. The second-order valence-electron chi connectivity index (χ2n) is 8.84. The SMILES string of the molecule is CCOC(=O)C1=C(C)N=c2s/c(=C\c3ccc(-c4ccc(Cl)c([N+](=O)[O-])c4)o3)c(=O)n2[C@H]1c1ccc(C)cc1. The van der Waals surface area contributed by atoms with Crippen LogP contribution < -0.4 is 14.9 Å². The van der Waals surface area contributed by atoms with Gasteiger partial charge in [0.15, 0.2) is 4.80 Å². The first-order valence-corrected chi connectivity index (χ1v) is 13.2. The van der Waals surface area contributed by atoms with E-state index in [4.69, 9.17) is 20.8 Å². The second kappa shape index (κ2) is 10.5. The number of benzene rings is 2. The third-order valence-electron chi connectivity index (χ3n) is 6.24. The monoisotopic (exact) mass is 563 g/mol. The fraction of sp³-hybridized carbons (Fsp3) is 0.179. The Hall–Kier alpha value is -4.28. The molecule has 0 N–H and O–H groups in total. The molecule has 2 aromatic heterocycles. The van der Waals surface area contributed by atoms with E-state index in [1.165, 1.54) is 28.0 Å². The van der Waals surface area contributed by atoms with Crippen molar-refractivity contribution in [1.29, 1.82) is 0 Å². The molecule has 39 heavy (non-hydrogen) atoms. The Bertz CT molecular complexity index is 1830. The van der Waals surface area contributed by atoms with Crippen molar-refractivity contribution in [2.45, 2.75) is 26.8 Å². The maximum atomic E-state index is 13.7. The number of fused-ring (bicyclic) bond motifs is 1. The van der Waals surface area contributed by atoms with Gasteiger partial charge in [0, 0.05) is 17.7 Å². The van der Waals surface area contributed by atoms with Crippen molar-refractivity contribution in [2.24, 2.45) is 4.99 Å². The van der Waals surface area contributed by atoms with Crippen molar-refractivity contribution < 1.29 is 18.9 Å². The standard InChI is InChI=1S/C28H22ClN3O6S/c1-4-37-27(34)24-16(3)30-28-31(25(24)17-7-5-15(2)6-8-17)26(33)23(39-28)14-19-10-12-22(38-19)18-9-11-20(29)21(13-18)32(35)36/h5-14,25H,4H2,1-3H3/b23-14-/t25-/m0/s1. The van der Waals surface area contributed by atoms with Gasteiger partial charge in [-0.3, -0.25) is 19.5 Å². The van der Waals surface area contributed by atoms with Crippen molar-refractivity contribution >= 4 is 40.7 Å². The van der Waals surface area contributed by atoms with Crippen LogP contribution in [0.25, 0.3) is 17.4 Å². The molecule has 0 amide bonds. The van der Waals surface area contributed by atoms with Crippen LogP contribution in [0, 0.1) is 17.0 Å². The number of ether oxygens (including phenoxy) is 1. The number of carbonyl (C=O) groups excluding carboxylic acids is 1. The lowest BCUT2D eigenvalue weighted by atomic mass is 9.95. The smallest absolute Gasteiger partial charge is 0.338 e. The quantitative estimate of drug-likeness (QED) is 0.186. The van der Waals surface area contributed by atoms with Crippen LogP contribution in [0.4, 0.5) is 5.69 Å². The third-order valence-corrected chi connectivity index (χ3v) is 7.54. The van der Waals surface area contributed by atoms with E-state index in [1.54, 1.807) is 38.1 Å². The van der Waals surface area contributed by atoms with E-state index in [2.05, 4.69) is 4.99 Å². The minimum Gasteiger partial charge on any atom is -0.463 e. The number of hydrogen-bond acceptors (Lipinski definition) is 8. The number of esters is 1. The molecule has 0 fully saturated rings. The fourth-order valence-electron chi connectivity index (χ4n) is 4.38. The summed E-state index contributed by atoms with van der Waals surface area (Å²) in [6.07, 6.45) is 1.59. The molecule has 2 aromatic carbocycles. The molecule has 11 heteroatoms. The molecule has 198 valence electrons. The van der Waals surface area contributed by atoms with Crippen molar-refractivity contribution in [3.05, 3.63) is 118 Å². The summed E-state index contributed by atoms with van der Waals surface area (Å²) < 4.78 is 13.1. The van der Waals surface area contributed by atoms with Gasteiger partial charge in [-0.15, -0.1) is 0 Å². The molecule has 0 spiro atoms. The molecule has 5 rings (SSSR count). The van der Waals surface area contributed by atoms with Gasteiger partial charge in [-0.25, -0.2) is 9.79 Å². The Morgan fingerprint density at radius 2 is 1.95 bits per heavy atom. The molecule has 1 aliphatic heterocycles. The predicted molar refractivity (Wildman–Crippen MR) is 147 cm³/mol. The number of rotatable bonds is 6. The molecular weight excluding hydrogens is 542 g/mol. The number of nitro groups is 1. The lowest BCUT2D eigenvalue weighted by molar-refractivity contribution is -0.384. The molecule has 1 atom stereocenters. The molecular formula is C28H22ClN3O6S. The Morgan fingerprint density at radius 1 is 1.21 bits per heavy atom. The zero-order chi connectivity index (χ0) is 27.8. The number of nitrogens with zero attached hydrogens (tertiary/aromatic N) is 3. The average molecular weight is 564 g/mol. The summed E-state index contributed by atoms with van der Waals surface area (Å²) in [7, 11) is 0. The summed E-state index contributed by atoms with van der Waals surface area (Å²) in [4.78, 5) is 42.4. The van der Waals surface area contributed by atoms with Gasteiger partial charge in [0.05, 0.1) is 33.4 Å². The van der Waals surface area contributed by atoms with E-state index < -0.39 is 16.9 Å². The Balaban J connectivity index is 1.61. The lowest BCUT2D eigenvalue weighted by Gasteiger charge is -2.24. The second-order valence-corrected chi connectivity index (χ2v) is 10.3. The predicted octanol–water partition coefficient (Wildman–Crippen LogP) is 4.93. The minimum absolute atomic E-state index is 0.0252. The van der Waals surface area contributed by atoms with Crippen molar-refractivity contribution in [3.8, 4) is 11.3 Å². The van der Waals surface area contributed by atoms with Gasteiger partial charge in [0.25, 0.3) is 11.2 Å². The number of allylic oxidation sites excluding steroid dienone is 1. The topological polar surface area (TPSA) is 117 Å². The van der Waals surface area contributed by atoms with E-state index in [0.29, 0.717) is 37.7 Å². The van der Waals surface area contributed by atoms with Crippen LogP contribution in [0.3, 0.4) is 0 Å². The molecule has 0 bridgehead atoms. The van der Waals surface area contributed by atoms with Crippen LogP contribution in [0.15, 0.2) is 80.1 Å². The number of carbonyl (C=O) groups is 1. The number of nitro benzene ring substituents is 1. The van der Waals surface area contributed by atoms with Crippen LogP contribution in [-0.2, 0) is 9.53 Å². The van der Waals surface area contributed by atoms with E-state index in [0.717, 1.165) is 11.1 Å². The normalized spacial score (nSPS) is 15.2. The van der Waals surface area contributed by atoms with E-state index in [-0.39, 0.29) is 22.9 Å². The first-order chi connectivity index (χ1) is 18.7. The number of furan rings is 1. The minimum atomic E-state index is -0.704. The average Bonchev–Trinajstić information content (AvgIpc) is 3.48. The number of aromatic nitrogens is 1. The maximum absolute atomic E-state index is 13.7. The molecule has 3 heterocycles. The summed E-state index contributed by atoms with van der Waals surface area (Å²) in [5, 5.41) is 11.3. The van der Waals surface area contributed by atoms with Crippen molar-refractivity contribution in [1.82, 2.24) is 4.57 Å². The van der Waals surface area contributed by atoms with E-state index in [1.807, 2.05) is 31.2 Å². The highest BCUT2D eigenvalue weighted by molar-refractivity contribution is 7.07. The number of aryl methyl sites for hydroxylation is 1. The lowest BCUT2D eigenvalue weighted by Crippen LogP contribution is -2.39. The van der Waals surface area contributed by atoms with Gasteiger partial charge in [0.2, 0.25) is 0 Å². The van der Waals surface area contributed by atoms with Gasteiger partial charge in [-0.2, -0.15) is 0 Å². The summed E-state index contributed by atoms with van der Waals surface area (Å²) in [5.41, 5.74) is 2.50. The fourth-order valence-corrected chi connectivity index (χ4v) is 5.59. The zero-order valence-corrected chi connectivity index (χ0v) is 22.7. The summed E-state index contributed by atoms with van der Waals surface area (Å²) in [6.45, 7) is 5.61. The Kier molecular flexibility index (Phi) is 7.07. The highest BCUT2D eigenvalue weighted by atomic mass is 35.5. The van der Waals surface area contributed by atoms with Gasteiger partial charge in [-0.1, -0.05) is 52.8 Å². The largest absolute Gasteiger partial charge is 0.463 e. The molecule has 0 unspecified atom stereocenters. The van der Waals surface area contributed by atoms with Crippen LogP contribution in [0.1, 0.15) is 36.8 Å². The van der Waals surface area contributed by atoms with Gasteiger partial charge in [-0.05, 0) is 50.6 Å². The molecule has 4 aromatic rings. The summed E-state index contributed by atoms with van der Waals surface area (Å²) in [5.74, 6) is 0.235. The summed E-state index contributed by atoms with van der Waals surface area (Å²) >= 11 is 7.10. The third kappa shape index (κ3) is 4.96. The van der Waals surface area contributed by atoms with Crippen LogP contribution >= 0.6 is 22.9 Å². The first-order valence-electron chi connectivity index (χ1n) is 12.0. The number of halogens is 1. The maximum Gasteiger partial charge on any atom is 0.338 e.